The van der Waals surface area contributed by atoms with Crippen molar-refractivity contribution >= 4 is 6.09 Å². The van der Waals surface area contributed by atoms with Crippen LogP contribution in [0.4, 0.5) is 9.18 Å². The molecule has 5 heteroatoms. The predicted molar refractivity (Wildman–Crippen MR) is 70.2 cm³/mol. The van der Waals surface area contributed by atoms with Crippen molar-refractivity contribution in [1.82, 2.24) is 5.32 Å². The molecule has 106 valence electrons. The first-order valence-electron chi connectivity index (χ1n) is 6.12. The van der Waals surface area contributed by atoms with Crippen molar-refractivity contribution < 1.29 is 19.0 Å². The number of aliphatic hydroxyl groups is 1. The first-order valence-corrected chi connectivity index (χ1v) is 6.12. The van der Waals surface area contributed by atoms with Crippen molar-refractivity contribution in [1.29, 1.82) is 0 Å². The molecule has 2 atom stereocenters. The second-order valence-corrected chi connectivity index (χ2v) is 5.43. The SMILES string of the molecule is C[C@@H](NC(=O)OC(C)(C)C)[C@@H](O)c1ccc(F)cc1. The molecule has 0 spiro atoms. The summed E-state index contributed by atoms with van der Waals surface area (Å²) in [6.45, 7) is 6.92. The van der Waals surface area contributed by atoms with E-state index in [0.29, 0.717) is 5.56 Å². The number of hydrogen-bond donors (Lipinski definition) is 2. The number of hydrogen-bond acceptors (Lipinski definition) is 3. The molecule has 1 aromatic rings. The monoisotopic (exact) mass is 269 g/mol. The number of carbonyl (C=O) groups is 1. The Hall–Kier alpha value is -1.62. The fraction of sp³-hybridized carbons (Fsp3) is 0.500. The summed E-state index contributed by atoms with van der Waals surface area (Å²) in [4.78, 5) is 11.6. The van der Waals surface area contributed by atoms with E-state index >= 15 is 0 Å². The van der Waals surface area contributed by atoms with Gasteiger partial charge in [0.2, 0.25) is 0 Å². The lowest BCUT2D eigenvalue weighted by Gasteiger charge is -2.24. The normalized spacial score (nSPS) is 14.6. The van der Waals surface area contributed by atoms with Crippen LogP contribution in [0.5, 0.6) is 0 Å². The molecule has 1 aromatic carbocycles. The second-order valence-electron chi connectivity index (χ2n) is 5.43. The molecular weight excluding hydrogens is 249 g/mol. The van der Waals surface area contributed by atoms with Crippen molar-refractivity contribution in [2.75, 3.05) is 0 Å². The van der Waals surface area contributed by atoms with Crippen molar-refractivity contribution in [2.45, 2.75) is 45.4 Å². The Morgan fingerprint density at radius 1 is 1.32 bits per heavy atom. The van der Waals surface area contributed by atoms with E-state index in [1.165, 1.54) is 24.3 Å². The minimum absolute atomic E-state index is 0.372. The van der Waals surface area contributed by atoms with Crippen LogP contribution in [0.25, 0.3) is 0 Å². The van der Waals surface area contributed by atoms with Gasteiger partial charge in [0, 0.05) is 0 Å². The Morgan fingerprint density at radius 2 is 1.84 bits per heavy atom. The van der Waals surface area contributed by atoms with Crippen LogP contribution in [0, 0.1) is 5.82 Å². The van der Waals surface area contributed by atoms with E-state index in [-0.39, 0.29) is 5.82 Å². The van der Waals surface area contributed by atoms with Gasteiger partial charge in [-0.25, -0.2) is 9.18 Å². The molecule has 0 aliphatic rings. The van der Waals surface area contributed by atoms with Gasteiger partial charge in [0.15, 0.2) is 0 Å². The Balaban J connectivity index is 2.60. The Kier molecular flexibility index (Phi) is 4.89. The van der Waals surface area contributed by atoms with Crippen LogP contribution >= 0.6 is 0 Å². The average Bonchev–Trinajstić information content (AvgIpc) is 2.26. The molecule has 0 aliphatic carbocycles. The fourth-order valence-electron chi connectivity index (χ4n) is 1.52. The van der Waals surface area contributed by atoms with Gasteiger partial charge in [0.25, 0.3) is 0 Å². The van der Waals surface area contributed by atoms with Crippen LogP contribution in [0.3, 0.4) is 0 Å². The number of benzene rings is 1. The smallest absolute Gasteiger partial charge is 0.407 e. The van der Waals surface area contributed by atoms with Crippen LogP contribution in [-0.4, -0.2) is 22.8 Å². The molecule has 0 fully saturated rings. The molecule has 2 N–H and O–H groups in total. The summed E-state index contributed by atoms with van der Waals surface area (Å²) in [7, 11) is 0. The van der Waals surface area contributed by atoms with Crippen LogP contribution in [0.2, 0.25) is 0 Å². The van der Waals surface area contributed by atoms with Gasteiger partial charge in [-0.05, 0) is 45.4 Å². The molecule has 4 nitrogen and oxygen atoms in total. The lowest BCUT2D eigenvalue weighted by Crippen LogP contribution is -2.40. The van der Waals surface area contributed by atoms with E-state index in [9.17, 15) is 14.3 Å². The van der Waals surface area contributed by atoms with Gasteiger partial charge in [0.1, 0.15) is 11.4 Å². The zero-order chi connectivity index (χ0) is 14.6. The second kappa shape index (κ2) is 6.02. The van der Waals surface area contributed by atoms with Gasteiger partial charge in [0.05, 0.1) is 12.1 Å². The first-order chi connectivity index (χ1) is 8.69. The van der Waals surface area contributed by atoms with Crippen molar-refractivity contribution in [3.05, 3.63) is 35.6 Å². The summed E-state index contributed by atoms with van der Waals surface area (Å²) in [5, 5.41) is 12.6. The maximum atomic E-state index is 12.8. The summed E-state index contributed by atoms with van der Waals surface area (Å²) in [6, 6.07) is 4.94. The molecular formula is C14H20FNO3. The van der Waals surface area contributed by atoms with E-state index in [4.69, 9.17) is 4.74 Å². The predicted octanol–water partition coefficient (Wildman–Crippen LogP) is 2.77. The number of rotatable bonds is 3. The molecule has 0 saturated carbocycles. The minimum atomic E-state index is -0.923. The maximum absolute atomic E-state index is 12.8. The fourth-order valence-corrected chi connectivity index (χ4v) is 1.52. The first kappa shape index (κ1) is 15.4. The number of carbonyl (C=O) groups excluding carboxylic acids is 1. The van der Waals surface area contributed by atoms with E-state index < -0.39 is 23.8 Å². The van der Waals surface area contributed by atoms with Crippen molar-refractivity contribution in [2.24, 2.45) is 0 Å². The van der Waals surface area contributed by atoms with Gasteiger partial charge in [-0.3, -0.25) is 0 Å². The number of aliphatic hydroxyl groups excluding tert-OH is 1. The molecule has 0 radical (unpaired) electrons. The average molecular weight is 269 g/mol. The topological polar surface area (TPSA) is 58.6 Å². The molecule has 0 saturated heterocycles. The van der Waals surface area contributed by atoms with Crippen LogP contribution in [-0.2, 0) is 4.74 Å². The summed E-state index contributed by atoms with van der Waals surface area (Å²) in [5.74, 6) is -0.372. The van der Waals surface area contributed by atoms with Crippen molar-refractivity contribution in [3.63, 3.8) is 0 Å². The maximum Gasteiger partial charge on any atom is 0.407 e. The molecule has 0 bridgehead atoms. The van der Waals surface area contributed by atoms with E-state index in [0.717, 1.165) is 0 Å². The highest BCUT2D eigenvalue weighted by molar-refractivity contribution is 5.68. The summed E-state index contributed by atoms with van der Waals surface area (Å²) >= 11 is 0. The molecule has 0 aromatic heterocycles. The van der Waals surface area contributed by atoms with Gasteiger partial charge >= 0.3 is 6.09 Å². The lowest BCUT2D eigenvalue weighted by atomic mass is 10.0. The Morgan fingerprint density at radius 3 is 2.32 bits per heavy atom. The van der Waals surface area contributed by atoms with Gasteiger partial charge in [-0.2, -0.15) is 0 Å². The Labute approximate surface area is 112 Å². The standard InChI is InChI=1S/C14H20FNO3/c1-9(16-13(18)19-14(2,3)4)12(17)10-5-7-11(15)8-6-10/h5-9,12,17H,1-4H3,(H,16,18)/t9-,12-/m1/s1. The third-order valence-electron chi connectivity index (χ3n) is 2.43. The molecule has 19 heavy (non-hydrogen) atoms. The molecule has 0 heterocycles. The number of amides is 1. The van der Waals surface area contributed by atoms with Crippen LogP contribution < -0.4 is 5.32 Å². The molecule has 0 unspecified atom stereocenters. The largest absolute Gasteiger partial charge is 0.444 e. The highest BCUT2D eigenvalue weighted by Gasteiger charge is 2.22. The molecule has 1 rings (SSSR count). The molecule has 1 amide bonds. The lowest BCUT2D eigenvalue weighted by molar-refractivity contribution is 0.0435. The van der Waals surface area contributed by atoms with Crippen LogP contribution in [0.15, 0.2) is 24.3 Å². The Bertz CT molecular complexity index is 425. The van der Waals surface area contributed by atoms with Crippen LogP contribution in [0.1, 0.15) is 39.4 Å². The van der Waals surface area contributed by atoms with E-state index in [1.807, 2.05) is 0 Å². The third-order valence-corrected chi connectivity index (χ3v) is 2.43. The van der Waals surface area contributed by atoms with Gasteiger partial charge in [-0.1, -0.05) is 12.1 Å². The zero-order valence-corrected chi connectivity index (χ0v) is 11.6. The summed E-state index contributed by atoms with van der Waals surface area (Å²) < 4.78 is 17.9. The summed E-state index contributed by atoms with van der Waals surface area (Å²) in [6.07, 6.45) is -1.52. The minimum Gasteiger partial charge on any atom is -0.444 e. The highest BCUT2D eigenvalue weighted by atomic mass is 19.1. The zero-order valence-electron chi connectivity index (χ0n) is 11.6. The van der Waals surface area contributed by atoms with Crippen molar-refractivity contribution in [3.8, 4) is 0 Å². The number of nitrogens with one attached hydrogen (secondary N) is 1. The highest BCUT2D eigenvalue weighted by Crippen LogP contribution is 2.17. The van der Waals surface area contributed by atoms with Gasteiger partial charge in [-0.15, -0.1) is 0 Å². The van der Waals surface area contributed by atoms with E-state index in [1.54, 1.807) is 27.7 Å². The number of alkyl carbamates (subject to hydrolysis) is 1. The van der Waals surface area contributed by atoms with E-state index in [2.05, 4.69) is 5.32 Å². The quantitative estimate of drug-likeness (QED) is 0.887. The van der Waals surface area contributed by atoms with Gasteiger partial charge < -0.3 is 15.2 Å². The third kappa shape index (κ3) is 5.26. The molecule has 0 aliphatic heterocycles. The number of ether oxygens (including phenoxy) is 1. The number of halogens is 1. The summed E-state index contributed by atoms with van der Waals surface area (Å²) in [5.41, 5.74) is -0.0603.